The minimum atomic E-state index is 0.204. The van der Waals surface area contributed by atoms with E-state index in [0.29, 0.717) is 0 Å². The first-order valence-corrected chi connectivity index (χ1v) is 8.88. The molecule has 114 valence electrons. The second kappa shape index (κ2) is 6.32. The Kier molecular flexibility index (Phi) is 4.45. The Balaban J connectivity index is 1.90. The molecular weight excluding hydrogens is 280 g/mol. The lowest BCUT2D eigenvalue weighted by atomic mass is 9.91. The molecule has 3 rings (SSSR count). The predicted octanol–water partition coefficient (Wildman–Crippen LogP) is 3.28. The van der Waals surface area contributed by atoms with Crippen molar-refractivity contribution in [3.05, 3.63) is 33.6 Å². The second-order valence-corrected chi connectivity index (χ2v) is 6.91. The molecule has 0 saturated heterocycles. The van der Waals surface area contributed by atoms with Crippen LogP contribution in [0, 0.1) is 0 Å². The zero-order valence-electron chi connectivity index (χ0n) is 13.0. The van der Waals surface area contributed by atoms with Gasteiger partial charge in [0.2, 0.25) is 0 Å². The van der Waals surface area contributed by atoms with Gasteiger partial charge in [-0.3, -0.25) is 8.75 Å². The molecular formula is C17H24N2OS. The van der Waals surface area contributed by atoms with Crippen molar-refractivity contribution in [3.63, 3.8) is 0 Å². The molecule has 0 saturated carbocycles. The first-order chi connectivity index (χ1) is 10.2. The van der Waals surface area contributed by atoms with Crippen molar-refractivity contribution >= 4 is 21.6 Å². The lowest BCUT2D eigenvalue weighted by Crippen LogP contribution is -2.28. The third-order valence-electron chi connectivity index (χ3n) is 4.62. The number of rotatable bonds is 5. The van der Waals surface area contributed by atoms with E-state index in [1.54, 1.807) is 11.5 Å². The molecule has 0 bridgehead atoms. The van der Waals surface area contributed by atoms with Gasteiger partial charge in [-0.15, -0.1) is 0 Å². The molecule has 1 aromatic heterocycles. The van der Waals surface area contributed by atoms with Crippen LogP contribution < -0.4 is 5.56 Å². The number of aromatic nitrogens is 1. The minimum Gasteiger partial charge on any atom is -0.302 e. The fraction of sp³-hybridized carbons (Fsp3) is 0.588. The van der Waals surface area contributed by atoms with Crippen LogP contribution in [0.4, 0.5) is 0 Å². The van der Waals surface area contributed by atoms with E-state index in [9.17, 15) is 4.79 Å². The standard InChI is InChI=1S/C17H24N2OS/c1-3-18(4-2)9-10-19-17(20)15-11-13-7-5-6-8-14(13)12-16(15)21-19/h11-12H,3-10H2,1-2H3. The van der Waals surface area contributed by atoms with E-state index < -0.39 is 0 Å². The third-order valence-corrected chi connectivity index (χ3v) is 5.73. The summed E-state index contributed by atoms with van der Waals surface area (Å²) in [4.78, 5) is 14.9. The van der Waals surface area contributed by atoms with E-state index >= 15 is 0 Å². The van der Waals surface area contributed by atoms with Crippen molar-refractivity contribution in [2.75, 3.05) is 19.6 Å². The number of fused-ring (bicyclic) bond motifs is 2. The maximum absolute atomic E-state index is 12.6. The number of aryl methyl sites for hydroxylation is 2. The number of nitrogens with zero attached hydrogens (tertiary/aromatic N) is 2. The van der Waals surface area contributed by atoms with Crippen molar-refractivity contribution < 1.29 is 0 Å². The molecule has 1 aromatic carbocycles. The van der Waals surface area contributed by atoms with Gasteiger partial charge in [-0.25, -0.2) is 0 Å². The summed E-state index contributed by atoms with van der Waals surface area (Å²) < 4.78 is 3.11. The molecule has 0 N–H and O–H groups in total. The lowest BCUT2D eigenvalue weighted by molar-refractivity contribution is 0.293. The van der Waals surface area contributed by atoms with Crippen molar-refractivity contribution in [2.24, 2.45) is 0 Å². The van der Waals surface area contributed by atoms with Crippen LogP contribution in [0.15, 0.2) is 16.9 Å². The van der Waals surface area contributed by atoms with E-state index in [4.69, 9.17) is 0 Å². The van der Waals surface area contributed by atoms with Gasteiger partial charge in [0, 0.05) is 13.1 Å². The van der Waals surface area contributed by atoms with Gasteiger partial charge in [0.25, 0.3) is 5.56 Å². The van der Waals surface area contributed by atoms with E-state index in [1.807, 2.05) is 3.96 Å². The normalized spacial score (nSPS) is 14.8. The smallest absolute Gasteiger partial charge is 0.268 e. The second-order valence-electron chi connectivity index (χ2n) is 5.85. The fourth-order valence-corrected chi connectivity index (χ4v) is 4.25. The predicted molar refractivity (Wildman–Crippen MR) is 90.5 cm³/mol. The zero-order valence-corrected chi connectivity index (χ0v) is 13.8. The van der Waals surface area contributed by atoms with Crippen LogP contribution in [0.2, 0.25) is 0 Å². The van der Waals surface area contributed by atoms with Gasteiger partial charge in [0.15, 0.2) is 0 Å². The summed E-state index contributed by atoms with van der Waals surface area (Å²) in [6.45, 7) is 8.20. The van der Waals surface area contributed by atoms with Gasteiger partial charge in [0.05, 0.1) is 10.1 Å². The molecule has 0 unspecified atom stereocenters. The topological polar surface area (TPSA) is 25.2 Å². The quantitative estimate of drug-likeness (QED) is 0.847. The van der Waals surface area contributed by atoms with Gasteiger partial charge in [-0.1, -0.05) is 25.4 Å². The first kappa shape index (κ1) is 14.8. The summed E-state index contributed by atoms with van der Waals surface area (Å²) in [5.74, 6) is 0. The molecule has 0 radical (unpaired) electrons. The summed E-state index contributed by atoms with van der Waals surface area (Å²) in [6.07, 6.45) is 4.87. The minimum absolute atomic E-state index is 0.204. The Hall–Kier alpha value is -1.13. The highest BCUT2D eigenvalue weighted by atomic mass is 32.1. The summed E-state index contributed by atoms with van der Waals surface area (Å²) in [5, 5.41) is 0.931. The van der Waals surface area contributed by atoms with E-state index in [-0.39, 0.29) is 5.56 Å². The lowest BCUT2D eigenvalue weighted by Gasteiger charge is -2.17. The number of benzene rings is 1. The molecule has 0 aliphatic heterocycles. The maximum Gasteiger partial charge on any atom is 0.268 e. The molecule has 1 heterocycles. The Bertz CT molecular complexity index is 682. The Labute approximate surface area is 130 Å². The van der Waals surface area contributed by atoms with E-state index in [0.717, 1.165) is 38.0 Å². The average molecular weight is 304 g/mol. The highest BCUT2D eigenvalue weighted by Crippen LogP contribution is 2.27. The average Bonchev–Trinajstić information content (AvgIpc) is 2.82. The number of hydrogen-bond donors (Lipinski definition) is 0. The molecule has 2 aromatic rings. The molecule has 0 amide bonds. The SMILES string of the molecule is CCN(CC)CCn1sc2cc3c(cc2c1=O)CCCC3. The van der Waals surface area contributed by atoms with Gasteiger partial charge < -0.3 is 4.90 Å². The largest absolute Gasteiger partial charge is 0.302 e. The van der Waals surface area contributed by atoms with Crippen molar-refractivity contribution in [2.45, 2.75) is 46.1 Å². The zero-order chi connectivity index (χ0) is 14.8. The molecule has 21 heavy (non-hydrogen) atoms. The van der Waals surface area contributed by atoms with Crippen LogP contribution in [-0.4, -0.2) is 28.5 Å². The summed E-state index contributed by atoms with van der Waals surface area (Å²) in [5.41, 5.74) is 3.07. The molecule has 0 atom stereocenters. The Morgan fingerprint density at radius 3 is 2.48 bits per heavy atom. The third kappa shape index (κ3) is 2.92. The highest BCUT2D eigenvalue weighted by molar-refractivity contribution is 7.13. The maximum atomic E-state index is 12.6. The van der Waals surface area contributed by atoms with Gasteiger partial charge in [0.1, 0.15) is 0 Å². The van der Waals surface area contributed by atoms with Crippen LogP contribution in [0.5, 0.6) is 0 Å². The molecule has 1 aliphatic carbocycles. The van der Waals surface area contributed by atoms with Crippen LogP contribution in [-0.2, 0) is 19.4 Å². The van der Waals surface area contributed by atoms with E-state index in [2.05, 4.69) is 30.9 Å². The molecule has 0 spiro atoms. The molecule has 4 heteroatoms. The number of likely N-dealkylation sites (N-methyl/N-ethyl adjacent to an activating group) is 1. The van der Waals surface area contributed by atoms with Crippen molar-refractivity contribution in [1.29, 1.82) is 0 Å². The van der Waals surface area contributed by atoms with Crippen molar-refractivity contribution in [3.8, 4) is 0 Å². The molecule has 3 nitrogen and oxygen atoms in total. The van der Waals surface area contributed by atoms with Crippen LogP contribution >= 0.6 is 11.5 Å². The summed E-state index contributed by atoms with van der Waals surface area (Å²) in [6, 6.07) is 4.43. The highest BCUT2D eigenvalue weighted by Gasteiger charge is 2.15. The Morgan fingerprint density at radius 1 is 1.14 bits per heavy atom. The summed E-state index contributed by atoms with van der Waals surface area (Å²) in [7, 11) is 0. The van der Waals surface area contributed by atoms with E-state index in [1.165, 1.54) is 35.1 Å². The van der Waals surface area contributed by atoms with Gasteiger partial charge >= 0.3 is 0 Å². The molecule has 0 fully saturated rings. The fourth-order valence-electron chi connectivity index (χ4n) is 3.22. The summed E-state index contributed by atoms with van der Waals surface area (Å²) >= 11 is 1.64. The monoisotopic (exact) mass is 304 g/mol. The van der Waals surface area contributed by atoms with Crippen molar-refractivity contribution in [1.82, 2.24) is 8.86 Å². The number of hydrogen-bond acceptors (Lipinski definition) is 3. The van der Waals surface area contributed by atoms with Crippen LogP contribution in [0.3, 0.4) is 0 Å². The Morgan fingerprint density at radius 2 is 1.81 bits per heavy atom. The van der Waals surface area contributed by atoms with Gasteiger partial charge in [-0.05, 0) is 62.0 Å². The first-order valence-electron chi connectivity index (χ1n) is 8.11. The van der Waals surface area contributed by atoms with Crippen LogP contribution in [0.25, 0.3) is 10.1 Å². The molecule has 1 aliphatic rings. The van der Waals surface area contributed by atoms with Crippen LogP contribution in [0.1, 0.15) is 37.8 Å². The van der Waals surface area contributed by atoms with Gasteiger partial charge in [-0.2, -0.15) is 0 Å².